The maximum atomic E-state index is 10.8. The molecule has 1 aromatic rings. The number of aryl methyl sites for hydroxylation is 2. The summed E-state index contributed by atoms with van der Waals surface area (Å²) in [4.78, 5) is 12.1. The maximum Gasteiger partial charge on any atom is 0.313 e. The monoisotopic (exact) mass is 310 g/mol. The van der Waals surface area contributed by atoms with Gasteiger partial charge in [0.15, 0.2) is 0 Å². The SMILES string of the molecule is Cc1ccc(C)c(SC2CCCCC2SCC(=O)O)c1. The molecule has 0 aromatic heterocycles. The second-order valence-electron chi connectivity index (χ2n) is 5.45. The standard InChI is InChI=1S/C16H22O2S2/c1-11-7-8-12(2)15(9-11)20-14-6-4-3-5-13(14)19-10-16(17)18/h7-9,13-14H,3-6,10H2,1-2H3,(H,17,18). The van der Waals surface area contributed by atoms with Crippen LogP contribution in [0.3, 0.4) is 0 Å². The molecule has 0 saturated heterocycles. The molecule has 1 N–H and O–H groups in total. The van der Waals surface area contributed by atoms with E-state index in [2.05, 4.69) is 32.0 Å². The minimum Gasteiger partial charge on any atom is -0.481 e. The van der Waals surface area contributed by atoms with Crippen LogP contribution in [-0.4, -0.2) is 27.3 Å². The van der Waals surface area contributed by atoms with Crippen LogP contribution < -0.4 is 0 Å². The van der Waals surface area contributed by atoms with Crippen molar-refractivity contribution in [1.29, 1.82) is 0 Å². The van der Waals surface area contributed by atoms with Crippen LogP contribution in [0.1, 0.15) is 36.8 Å². The summed E-state index contributed by atoms with van der Waals surface area (Å²) in [5.74, 6) is -0.467. The van der Waals surface area contributed by atoms with Crippen LogP contribution in [0.2, 0.25) is 0 Å². The Kier molecular flexibility index (Phi) is 5.85. The Morgan fingerprint density at radius 1 is 1.25 bits per heavy atom. The quantitative estimate of drug-likeness (QED) is 0.867. The Bertz CT molecular complexity index is 474. The fourth-order valence-electron chi connectivity index (χ4n) is 2.56. The van der Waals surface area contributed by atoms with Crippen molar-refractivity contribution in [2.45, 2.75) is 54.9 Å². The number of hydrogen-bond acceptors (Lipinski definition) is 3. The van der Waals surface area contributed by atoms with Gasteiger partial charge in [0.05, 0.1) is 5.75 Å². The van der Waals surface area contributed by atoms with Crippen LogP contribution in [0.5, 0.6) is 0 Å². The van der Waals surface area contributed by atoms with Crippen LogP contribution in [0.25, 0.3) is 0 Å². The molecule has 110 valence electrons. The number of thioether (sulfide) groups is 2. The second-order valence-corrected chi connectivity index (χ2v) is 7.96. The Morgan fingerprint density at radius 3 is 2.65 bits per heavy atom. The third-order valence-electron chi connectivity index (χ3n) is 3.68. The number of carbonyl (C=O) groups is 1. The fourth-order valence-corrected chi connectivity index (χ4v) is 5.41. The molecule has 2 nitrogen and oxygen atoms in total. The Morgan fingerprint density at radius 2 is 1.95 bits per heavy atom. The van der Waals surface area contributed by atoms with E-state index in [1.54, 1.807) is 11.8 Å². The van der Waals surface area contributed by atoms with E-state index < -0.39 is 5.97 Å². The first-order valence-electron chi connectivity index (χ1n) is 7.13. The van der Waals surface area contributed by atoms with Gasteiger partial charge < -0.3 is 5.11 Å². The fraction of sp³-hybridized carbons (Fsp3) is 0.562. The third-order valence-corrected chi connectivity index (χ3v) is 6.82. The van der Waals surface area contributed by atoms with Crippen molar-refractivity contribution in [3.8, 4) is 0 Å². The largest absolute Gasteiger partial charge is 0.481 e. The molecule has 1 aliphatic rings. The van der Waals surface area contributed by atoms with Gasteiger partial charge in [0.1, 0.15) is 0 Å². The first-order chi connectivity index (χ1) is 9.56. The molecule has 0 spiro atoms. The molecule has 1 saturated carbocycles. The Hall–Kier alpha value is -0.610. The molecular weight excluding hydrogens is 288 g/mol. The Balaban J connectivity index is 2.04. The third kappa shape index (κ3) is 4.45. The summed E-state index contributed by atoms with van der Waals surface area (Å²) < 4.78 is 0. The van der Waals surface area contributed by atoms with Gasteiger partial charge in [0.2, 0.25) is 0 Å². The van der Waals surface area contributed by atoms with Gasteiger partial charge >= 0.3 is 5.97 Å². The topological polar surface area (TPSA) is 37.3 Å². The summed E-state index contributed by atoms with van der Waals surface area (Å²) in [5.41, 5.74) is 2.62. The lowest BCUT2D eigenvalue weighted by atomic mass is 10.00. The molecule has 2 unspecified atom stereocenters. The van der Waals surface area contributed by atoms with Crippen molar-refractivity contribution < 1.29 is 9.90 Å². The molecule has 1 aromatic carbocycles. The number of aliphatic carboxylic acids is 1. The summed E-state index contributed by atoms with van der Waals surface area (Å²) in [6.45, 7) is 4.28. The number of carboxylic acid groups (broad SMARTS) is 1. The van der Waals surface area contributed by atoms with Crippen molar-refractivity contribution in [3.05, 3.63) is 29.3 Å². The predicted molar refractivity (Wildman–Crippen MR) is 87.9 cm³/mol. The van der Waals surface area contributed by atoms with Crippen LogP contribution in [0, 0.1) is 13.8 Å². The van der Waals surface area contributed by atoms with Crippen molar-refractivity contribution in [1.82, 2.24) is 0 Å². The average Bonchev–Trinajstić information content (AvgIpc) is 2.42. The lowest BCUT2D eigenvalue weighted by Crippen LogP contribution is -2.25. The van der Waals surface area contributed by atoms with Crippen LogP contribution >= 0.6 is 23.5 Å². The minimum atomic E-state index is -0.698. The van der Waals surface area contributed by atoms with Crippen LogP contribution in [-0.2, 0) is 4.79 Å². The van der Waals surface area contributed by atoms with Crippen molar-refractivity contribution >= 4 is 29.5 Å². The van der Waals surface area contributed by atoms with E-state index in [9.17, 15) is 4.79 Å². The first-order valence-corrected chi connectivity index (χ1v) is 9.06. The zero-order chi connectivity index (χ0) is 14.5. The van der Waals surface area contributed by atoms with Crippen LogP contribution in [0.15, 0.2) is 23.1 Å². The minimum absolute atomic E-state index is 0.231. The normalized spacial score (nSPS) is 22.7. The van der Waals surface area contributed by atoms with E-state index in [4.69, 9.17) is 5.11 Å². The molecule has 1 aliphatic carbocycles. The summed E-state index contributed by atoms with van der Waals surface area (Å²) in [7, 11) is 0. The summed E-state index contributed by atoms with van der Waals surface area (Å²) in [6.07, 6.45) is 4.86. The molecule has 0 aliphatic heterocycles. The molecular formula is C16H22O2S2. The predicted octanol–water partition coefficient (Wildman–Crippen LogP) is 4.52. The molecule has 2 atom stereocenters. The van der Waals surface area contributed by atoms with Gasteiger partial charge in [0, 0.05) is 15.4 Å². The van der Waals surface area contributed by atoms with Gasteiger partial charge in [-0.05, 0) is 38.3 Å². The van der Waals surface area contributed by atoms with Gasteiger partial charge in [-0.25, -0.2) is 0 Å². The van der Waals surface area contributed by atoms with Crippen molar-refractivity contribution in [3.63, 3.8) is 0 Å². The van der Waals surface area contributed by atoms with Gasteiger partial charge in [-0.15, -0.1) is 23.5 Å². The van der Waals surface area contributed by atoms with E-state index in [0.717, 1.165) is 6.42 Å². The van der Waals surface area contributed by atoms with E-state index in [-0.39, 0.29) is 5.75 Å². The average molecular weight is 310 g/mol. The molecule has 0 amide bonds. The van der Waals surface area contributed by atoms with E-state index in [0.29, 0.717) is 10.5 Å². The molecule has 0 heterocycles. The zero-order valence-electron chi connectivity index (χ0n) is 12.1. The summed E-state index contributed by atoms with van der Waals surface area (Å²) in [5, 5.41) is 9.90. The van der Waals surface area contributed by atoms with Crippen molar-refractivity contribution in [2.75, 3.05) is 5.75 Å². The van der Waals surface area contributed by atoms with E-state index >= 15 is 0 Å². The highest BCUT2D eigenvalue weighted by atomic mass is 32.2. The highest BCUT2D eigenvalue weighted by Crippen LogP contribution is 2.40. The lowest BCUT2D eigenvalue weighted by molar-refractivity contribution is -0.133. The van der Waals surface area contributed by atoms with Gasteiger partial charge in [-0.2, -0.15) is 0 Å². The van der Waals surface area contributed by atoms with Gasteiger partial charge in [0.25, 0.3) is 0 Å². The van der Waals surface area contributed by atoms with E-state index in [1.807, 2.05) is 11.8 Å². The summed E-state index contributed by atoms with van der Waals surface area (Å²) in [6, 6.07) is 6.59. The number of carboxylic acids is 1. The van der Waals surface area contributed by atoms with Gasteiger partial charge in [-0.3, -0.25) is 4.79 Å². The molecule has 0 radical (unpaired) electrons. The molecule has 4 heteroatoms. The molecule has 20 heavy (non-hydrogen) atoms. The van der Waals surface area contributed by atoms with Crippen LogP contribution in [0.4, 0.5) is 0 Å². The van der Waals surface area contributed by atoms with E-state index in [1.165, 1.54) is 35.3 Å². The maximum absolute atomic E-state index is 10.8. The second kappa shape index (κ2) is 7.41. The number of rotatable bonds is 5. The summed E-state index contributed by atoms with van der Waals surface area (Å²) >= 11 is 3.57. The van der Waals surface area contributed by atoms with Crippen molar-refractivity contribution in [2.24, 2.45) is 0 Å². The highest BCUT2D eigenvalue weighted by molar-refractivity contribution is 8.04. The first kappa shape index (κ1) is 15.8. The molecule has 2 rings (SSSR count). The highest BCUT2D eigenvalue weighted by Gasteiger charge is 2.27. The lowest BCUT2D eigenvalue weighted by Gasteiger charge is -2.30. The van der Waals surface area contributed by atoms with Gasteiger partial charge in [-0.1, -0.05) is 30.5 Å². The molecule has 1 fully saturated rings. The zero-order valence-corrected chi connectivity index (χ0v) is 13.7. The molecule has 0 bridgehead atoms. The number of hydrogen-bond donors (Lipinski definition) is 1. The number of benzene rings is 1. The smallest absolute Gasteiger partial charge is 0.313 e. The Labute approximate surface area is 129 Å².